The Morgan fingerprint density at radius 1 is 1.79 bits per heavy atom. The second-order valence-corrected chi connectivity index (χ2v) is 2.91. The van der Waals surface area contributed by atoms with Crippen molar-refractivity contribution in [3.05, 3.63) is 18.2 Å². The molecule has 0 aliphatic heterocycles. The molecule has 0 saturated carbocycles. The standard InChI is InChI=1S/C9H14N2O3/c1-3-14-8(9(12)13)6-11-5-4-10-7(11)2/h4-5,8H,3,6H2,1-2H3,(H,12,13). The van der Waals surface area contributed by atoms with Crippen LogP contribution < -0.4 is 0 Å². The van der Waals surface area contributed by atoms with Crippen LogP contribution in [0, 0.1) is 6.92 Å². The molecule has 5 heteroatoms. The van der Waals surface area contributed by atoms with E-state index in [-0.39, 0.29) is 0 Å². The Hall–Kier alpha value is -1.36. The lowest BCUT2D eigenvalue weighted by Crippen LogP contribution is -2.29. The van der Waals surface area contributed by atoms with Gasteiger partial charge in [-0.05, 0) is 13.8 Å². The molecule has 14 heavy (non-hydrogen) atoms. The van der Waals surface area contributed by atoms with Crippen molar-refractivity contribution in [1.29, 1.82) is 0 Å². The first kappa shape index (κ1) is 10.7. The summed E-state index contributed by atoms with van der Waals surface area (Å²) >= 11 is 0. The Bertz CT molecular complexity index is 309. The summed E-state index contributed by atoms with van der Waals surface area (Å²) in [6.45, 7) is 4.29. The predicted octanol–water partition coefficient (Wildman–Crippen LogP) is 0.681. The number of hydrogen-bond donors (Lipinski definition) is 1. The summed E-state index contributed by atoms with van der Waals surface area (Å²) in [6, 6.07) is 0. The number of imidazole rings is 1. The summed E-state index contributed by atoms with van der Waals surface area (Å²) < 4.78 is 6.84. The smallest absolute Gasteiger partial charge is 0.334 e. The molecule has 1 aromatic heterocycles. The number of nitrogens with zero attached hydrogens (tertiary/aromatic N) is 2. The van der Waals surface area contributed by atoms with Crippen molar-refractivity contribution >= 4 is 5.97 Å². The van der Waals surface area contributed by atoms with Gasteiger partial charge >= 0.3 is 5.97 Å². The summed E-state index contributed by atoms with van der Waals surface area (Å²) in [5.41, 5.74) is 0. The fraction of sp³-hybridized carbons (Fsp3) is 0.556. The molecule has 0 saturated heterocycles. The highest BCUT2D eigenvalue weighted by molar-refractivity contribution is 5.72. The van der Waals surface area contributed by atoms with Gasteiger partial charge in [-0.1, -0.05) is 0 Å². The van der Waals surface area contributed by atoms with Crippen LogP contribution in [0.15, 0.2) is 12.4 Å². The van der Waals surface area contributed by atoms with Gasteiger partial charge in [-0.15, -0.1) is 0 Å². The van der Waals surface area contributed by atoms with Crippen molar-refractivity contribution in [2.24, 2.45) is 0 Å². The van der Waals surface area contributed by atoms with E-state index in [4.69, 9.17) is 9.84 Å². The first-order valence-electron chi connectivity index (χ1n) is 4.47. The summed E-state index contributed by atoms with van der Waals surface area (Å²) in [7, 11) is 0. The van der Waals surface area contributed by atoms with Crippen LogP contribution in [0.3, 0.4) is 0 Å². The third-order valence-electron chi connectivity index (χ3n) is 1.93. The molecule has 0 radical (unpaired) electrons. The minimum atomic E-state index is -0.944. The number of rotatable bonds is 5. The van der Waals surface area contributed by atoms with E-state index in [0.717, 1.165) is 5.82 Å². The number of carbonyl (C=O) groups is 1. The van der Waals surface area contributed by atoms with Crippen LogP contribution in [-0.4, -0.2) is 33.3 Å². The van der Waals surface area contributed by atoms with Crippen LogP contribution in [0.5, 0.6) is 0 Å². The highest BCUT2D eigenvalue weighted by Crippen LogP contribution is 2.01. The number of hydrogen-bond acceptors (Lipinski definition) is 3. The minimum Gasteiger partial charge on any atom is -0.479 e. The lowest BCUT2D eigenvalue weighted by Gasteiger charge is -2.13. The number of aliphatic carboxylic acids is 1. The summed E-state index contributed by atoms with van der Waals surface area (Å²) in [5, 5.41) is 8.84. The van der Waals surface area contributed by atoms with E-state index in [1.54, 1.807) is 23.9 Å². The van der Waals surface area contributed by atoms with Gasteiger partial charge in [-0.2, -0.15) is 0 Å². The lowest BCUT2D eigenvalue weighted by molar-refractivity contribution is -0.151. The average Bonchev–Trinajstić information content (AvgIpc) is 2.51. The molecule has 1 heterocycles. The topological polar surface area (TPSA) is 64.4 Å². The normalized spacial score (nSPS) is 12.7. The fourth-order valence-corrected chi connectivity index (χ4v) is 1.18. The predicted molar refractivity (Wildman–Crippen MR) is 50.0 cm³/mol. The van der Waals surface area contributed by atoms with Gasteiger partial charge in [-0.3, -0.25) is 0 Å². The highest BCUT2D eigenvalue weighted by atomic mass is 16.5. The van der Waals surface area contributed by atoms with E-state index in [0.29, 0.717) is 13.2 Å². The van der Waals surface area contributed by atoms with Gasteiger partial charge in [0, 0.05) is 19.0 Å². The van der Waals surface area contributed by atoms with Crippen molar-refractivity contribution in [3.63, 3.8) is 0 Å². The molecule has 0 amide bonds. The minimum absolute atomic E-state index is 0.301. The maximum Gasteiger partial charge on any atom is 0.334 e. The first-order valence-corrected chi connectivity index (χ1v) is 4.47. The molecule has 1 rings (SSSR count). The second-order valence-electron chi connectivity index (χ2n) is 2.91. The van der Waals surface area contributed by atoms with E-state index in [2.05, 4.69) is 4.98 Å². The molecule has 5 nitrogen and oxygen atoms in total. The van der Waals surface area contributed by atoms with E-state index in [1.165, 1.54) is 0 Å². The Morgan fingerprint density at radius 3 is 2.93 bits per heavy atom. The molecule has 0 fully saturated rings. The van der Waals surface area contributed by atoms with Crippen molar-refractivity contribution in [1.82, 2.24) is 9.55 Å². The largest absolute Gasteiger partial charge is 0.479 e. The maximum atomic E-state index is 10.8. The van der Waals surface area contributed by atoms with Gasteiger partial charge in [0.2, 0.25) is 0 Å². The molecule has 0 bridgehead atoms. The maximum absolute atomic E-state index is 10.8. The van der Waals surface area contributed by atoms with E-state index in [9.17, 15) is 4.79 Å². The SMILES string of the molecule is CCOC(Cn1ccnc1C)C(=O)O. The molecular weight excluding hydrogens is 184 g/mol. The monoisotopic (exact) mass is 198 g/mol. The average molecular weight is 198 g/mol. The number of carboxylic acid groups (broad SMARTS) is 1. The van der Waals surface area contributed by atoms with Gasteiger partial charge in [0.15, 0.2) is 6.10 Å². The fourth-order valence-electron chi connectivity index (χ4n) is 1.18. The number of carboxylic acids is 1. The quantitative estimate of drug-likeness (QED) is 0.755. The molecule has 78 valence electrons. The van der Waals surface area contributed by atoms with Crippen LogP contribution >= 0.6 is 0 Å². The van der Waals surface area contributed by atoms with Gasteiger partial charge < -0.3 is 14.4 Å². The van der Waals surface area contributed by atoms with Crippen molar-refractivity contribution in [3.8, 4) is 0 Å². The zero-order valence-electron chi connectivity index (χ0n) is 8.30. The Morgan fingerprint density at radius 2 is 2.50 bits per heavy atom. The van der Waals surface area contributed by atoms with E-state index in [1.807, 2.05) is 6.92 Å². The number of ether oxygens (including phenoxy) is 1. The van der Waals surface area contributed by atoms with Crippen molar-refractivity contribution < 1.29 is 14.6 Å². The van der Waals surface area contributed by atoms with Crippen LogP contribution in [0.1, 0.15) is 12.7 Å². The Labute approximate surface area is 82.3 Å². The zero-order valence-corrected chi connectivity index (χ0v) is 8.30. The molecule has 1 aromatic rings. The molecule has 1 atom stereocenters. The second kappa shape index (κ2) is 4.76. The Kier molecular flexibility index (Phi) is 3.64. The molecular formula is C9H14N2O3. The highest BCUT2D eigenvalue weighted by Gasteiger charge is 2.18. The summed E-state index contributed by atoms with van der Waals surface area (Å²) in [4.78, 5) is 14.8. The molecule has 1 unspecified atom stereocenters. The summed E-state index contributed by atoms with van der Waals surface area (Å²) in [6.07, 6.45) is 2.58. The lowest BCUT2D eigenvalue weighted by atomic mass is 10.3. The van der Waals surface area contributed by atoms with Crippen LogP contribution in [0.2, 0.25) is 0 Å². The van der Waals surface area contributed by atoms with Crippen LogP contribution in [-0.2, 0) is 16.1 Å². The molecule has 0 aromatic carbocycles. The molecule has 0 spiro atoms. The van der Waals surface area contributed by atoms with E-state index >= 15 is 0 Å². The Balaban J connectivity index is 2.64. The first-order chi connectivity index (χ1) is 6.65. The van der Waals surface area contributed by atoms with Gasteiger partial charge in [0.25, 0.3) is 0 Å². The van der Waals surface area contributed by atoms with Crippen LogP contribution in [0.4, 0.5) is 0 Å². The van der Waals surface area contributed by atoms with Gasteiger partial charge in [0.05, 0.1) is 6.54 Å². The zero-order chi connectivity index (χ0) is 10.6. The van der Waals surface area contributed by atoms with Gasteiger partial charge in [-0.25, -0.2) is 9.78 Å². The van der Waals surface area contributed by atoms with Crippen LogP contribution in [0.25, 0.3) is 0 Å². The molecule has 1 N–H and O–H groups in total. The third-order valence-corrected chi connectivity index (χ3v) is 1.93. The number of aromatic nitrogens is 2. The third kappa shape index (κ3) is 2.56. The van der Waals surface area contributed by atoms with Crippen molar-refractivity contribution in [2.75, 3.05) is 6.61 Å². The molecule has 0 aliphatic rings. The van der Waals surface area contributed by atoms with Gasteiger partial charge in [0.1, 0.15) is 5.82 Å². The van der Waals surface area contributed by atoms with Crippen molar-refractivity contribution in [2.45, 2.75) is 26.5 Å². The molecule has 0 aliphatic carbocycles. The van der Waals surface area contributed by atoms with E-state index < -0.39 is 12.1 Å². The summed E-state index contributed by atoms with van der Waals surface area (Å²) in [5.74, 6) is -0.157. The number of aryl methyl sites for hydroxylation is 1.